The van der Waals surface area contributed by atoms with Gasteiger partial charge in [0.1, 0.15) is 5.70 Å². The molecule has 11 nitrogen and oxygen atoms in total. The molecule has 0 fully saturated rings. The van der Waals surface area contributed by atoms with Crippen molar-refractivity contribution in [3.8, 4) is 11.5 Å². The van der Waals surface area contributed by atoms with Crippen molar-refractivity contribution in [2.75, 3.05) is 24.9 Å². The number of carbonyl (C=O) groups excluding carboxylic acids is 3. The lowest BCUT2D eigenvalue weighted by atomic mass is 10.1. The molecule has 0 bridgehead atoms. The van der Waals surface area contributed by atoms with Crippen molar-refractivity contribution < 1.29 is 28.8 Å². The molecule has 0 heterocycles. The Morgan fingerprint density at radius 3 is 2.30 bits per heavy atom. The third-order valence-corrected chi connectivity index (χ3v) is 7.80. The van der Waals surface area contributed by atoms with Crippen molar-refractivity contribution in [1.82, 2.24) is 5.32 Å². The van der Waals surface area contributed by atoms with Crippen LogP contribution in [0, 0.1) is 17.0 Å². The van der Waals surface area contributed by atoms with Gasteiger partial charge in [0.25, 0.3) is 17.5 Å². The number of nitrogens with one attached hydrogen (secondary N) is 3. The molecular formula is C34H32N4O7S. The number of ether oxygens (including phenoxy) is 2. The Hall–Kier alpha value is -5.62. The van der Waals surface area contributed by atoms with Crippen molar-refractivity contribution in [1.29, 1.82) is 0 Å². The number of carbonyl (C=O) groups is 3. The second-order valence-electron chi connectivity index (χ2n) is 9.98. The number of thioether (sulfide) groups is 1. The lowest BCUT2D eigenvalue weighted by molar-refractivity contribution is -0.384. The minimum atomic E-state index is -0.576. The quantitative estimate of drug-likeness (QED) is 0.0693. The van der Waals surface area contributed by atoms with Gasteiger partial charge in [0.05, 0.1) is 30.1 Å². The first kappa shape index (κ1) is 33.3. The number of hydrogen-bond acceptors (Lipinski definition) is 8. The molecule has 0 radical (unpaired) electrons. The number of nitrogens with zero attached hydrogens (tertiary/aromatic N) is 1. The number of rotatable bonds is 12. The number of hydrogen-bond donors (Lipinski definition) is 3. The summed E-state index contributed by atoms with van der Waals surface area (Å²) in [5.41, 5.74) is 2.31. The van der Waals surface area contributed by atoms with Gasteiger partial charge in [-0.3, -0.25) is 24.5 Å². The fourth-order valence-electron chi connectivity index (χ4n) is 4.25. The summed E-state index contributed by atoms with van der Waals surface area (Å²) in [6.45, 7) is 3.46. The summed E-state index contributed by atoms with van der Waals surface area (Å²) >= 11 is 1.25. The number of nitro benzene ring substituents is 1. The highest BCUT2D eigenvalue weighted by atomic mass is 32.2. The molecule has 12 heteroatoms. The zero-order valence-electron chi connectivity index (χ0n) is 25.5. The fraction of sp³-hybridized carbons (Fsp3) is 0.147. The molecule has 4 rings (SSSR count). The van der Waals surface area contributed by atoms with Gasteiger partial charge >= 0.3 is 0 Å². The van der Waals surface area contributed by atoms with Crippen LogP contribution >= 0.6 is 11.8 Å². The summed E-state index contributed by atoms with van der Waals surface area (Å²) in [5, 5.41) is 18.9. The zero-order valence-corrected chi connectivity index (χ0v) is 26.3. The van der Waals surface area contributed by atoms with E-state index in [1.807, 2.05) is 0 Å². The smallest absolute Gasteiger partial charge is 0.272 e. The Balaban J connectivity index is 1.52. The van der Waals surface area contributed by atoms with Crippen LogP contribution in [0.5, 0.6) is 11.5 Å². The van der Waals surface area contributed by atoms with Gasteiger partial charge < -0.3 is 25.4 Å². The van der Waals surface area contributed by atoms with Crippen LogP contribution < -0.4 is 25.4 Å². The molecule has 3 amide bonds. The van der Waals surface area contributed by atoms with Crippen molar-refractivity contribution in [3.05, 3.63) is 123 Å². The summed E-state index contributed by atoms with van der Waals surface area (Å²) in [5.74, 6) is -0.420. The average molecular weight is 641 g/mol. The van der Waals surface area contributed by atoms with Crippen LogP contribution in [0.15, 0.2) is 102 Å². The largest absolute Gasteiger partial charge is 0.493 e. The third-order valence-electron chi connectivity index (χ3n) is 6.71. The first-order chi connectivity index (χ1) is 22.1. The third kappa shape index (κ3) is 8.73. The molecule has 0 saturated heterocycles. The number of methoxy groups -OCH3 is 2. The summed E-state index contributed by atoms with van der Waals surface area (Å²) in [6, 6.07) is 24.8. The Bertz CT molecular complexity index is 1790. The monoisotopic (exact) mass is 640 g/mol. The van der Waals surface area contributed by atoms with E-state index in [1.165, 1.54) is 44.2 Å². The van der Waals surface area contributed by atoms with E-state index in [0.717, 1.165) is 0 Å². The standard InChI is InChI=1S/C34H32N4O7S/c1-21-13-15-26(38(42)43)20-28(21)36-32(39)22(2)46-27-12-8-11-25(19-27)35-34(41)29(37-33(40)24-9-6-5-7-10-24)17-23-14-16-30(44-3)31(18-23)45-4/h5-20,22H,1-4H3,(H,35,41)(H,36,39)(H,37,40)/b29-17+. The maximum Gasteiger partial charge on any atom is 0.272 e. The second kappa shape index (κ2) is 15.4. The molecule has 46 heavy (non-hydrogen) atoms. The van der Waals surface area contributed by atoms with Gasteiger partial charge in [-0.15, -0.1) is 11.8 Å². The number of anilines is 2. The molecule has 0 aliphatic heterocycles. The second-order valence-corrected chi connectivity index (χ2v) is 11.4. The van der Waals surface area contributed by atoms with Crippen LogP contribution in [0.1, 0.15) is 28.4 Å². The molecule has 4 aromatic rings. The SMILES string of the molecule is COc1ccc(/C=C(/NC(=O)c2ccccc2)C(=O)Nc2cccc(SC(C)C(=O)Nc3cc([N+](=O)[O-])ccc3C)c2)cc1OC. The topological polar surface area (TPSA) is 149 Å². The van der Waals surface area contributed by atoms with Crippen molar-refractivity contribution >= 4 is 52.6 Å². The Morgan fingerprint density at radius 1 is 0.870 bits per heavy atom. The molecule has 0 aromatic heterocycles. The number of benzene rings is 4. The van der Waals surface area contributed by atoms with Gasteiger partial charge in [-0.2, -0.15) is 0 Å². The normalized spacial score (nSPS) is 11.6. The highest BCUT2D eigenvalue weighted by molar-refractivity contribution is 8.00. The van der Waals surface area contributed by atoms with E-state index in [1.54, 1.807) is 92.7 Å². The zero-order chi connectivity index (χ0) is 33.2. The van der Waals surface area contributed by atoms with Gasteiger partial charge in [0.2, 0.25) is 5.91 Å². The Kier molecular flexibility index (Phi) is 11.1. The summed E-state index contributed by atoms with van der Waals surface area (Å²) in [4.78, 5) is 50.8. The molecule has 0 spiro atoms. The number of non-ortho nitro benzene ring substituents is 1. The molecule has 236 valence electrons. The summed E-state index contributed by atoms with van der Waals surface area (Å²) < 4.78 is 10.7. The van der Waals surface area contributed by atoms with Crippen LogP contribution in [-0.2, 0) is 9.59 Å². The number of aryl methyl sites for hydroxylation is 1. The van der Waals surface area contributed by atoms with Crippen LogP contribution in [0.25, 0.3) is 6.08 Å². The minimum absolute atomic E-state index is 0.0146. The van der Waals surface area contributed by atoms with E-state index >= 15 is 0 Å². The predicted molar refractivity (Wildman–Crippen MR) is 178 cm³/mol. The average Bonchev–Trinajstić information content (AvgIpc) is 3.05. The van der Waals surface area contributed by atoms with Crippen LogP contribution in [0.3, 0.4) is 0 Å². The first-order valence-corrected chi connectivity index (χ1v) is 14.9. The van der Waals surface area contributed by atoms with Gasteiger partial charge in [-0.05, 0) is 73.5 Å². The van der Waals surface area contributed by atoms with Crippen molar-refractivity contribution in [2.24, 2.45) is 0 Å². The highest BCUT2D eigenvalue weighted by Gasteiger charge is 2.19. The maximum absolute atomic E-state index is 13.5. The van der Waals surface area contributed by atoms with Crippen molar-refractivity contribution in [2.45, 2.75) is 24.0 Å². The minimum Gasteiger partial charge on any atom is -0.493 e. The lowest BCUT2D eigenvalue weighted by Crippen LogP contribution is -2.30. The lowest BCUT2D eigenvalue weighted by Gasteiger charge is -2.15. The highest BCUT2D eigenvalue weighted by Crippen LogP contribution is 2.30. The van der Waals surface area contributed by atoms with Gasteiger partial charge in [-0.1, -0.05) is 36.4 Å². The van der Waals surface area contributed by atoms with Gasteiger partial charge in [-0.25, -0.2) is 0 Å². The van der Waals surface area contributed by atoms with Crippen molar-refractivity contribution in [3.63, 3.8) is 0 Å². The Labute approximate surface area is 270 Å². The van der Waals surface area contributed by atoms with E-state index in [2.05, 4.69) is 16.0 Å². The van der Waals surface area contributed by atoms with Gasteiger partial charge in [0.15, 0.2) is 11.5 Å². The molecule has 4 aromatic carbocycles. The fourth-order valence-corrected chi connectivity index (χ4v) is 5.17. The number of nitro groups is 1. The van der Waals surface area contributed by atoms with Gasteiger partial charge in [0, 0.05) is 28.3 Å². The van der Waals surface area contributed by atoms with E-state index < -0.39 is 22.0 Å². The maximum atomic E-state index is 13.5. The van der Waals surface area contributed by atoms with E-state index in [0.29, 0.717) is 44.5 Å². The molecule has 0 aliphatic carbocycles. The van der Waals surface area contributed by atoms with Crippen LogP contribution in [0.2, 0.25) is 0 Å². The Morgan fingerprint density at radius 2 is 1.61 bits per heavy atom. The summed E-state index contributed by atoms with van der Waals surface area (Å²) in [7, 11) is 3.02. The molecule has 3 N–H and O–H groups in total. The first-order valence-electron chi connectivity index (χ1n) is 14.0. The molecule has 0 aliphatic rings. The molecule has 1 atom stereocenters. The van der Waals surface area contributed by atoms with Crippen LogP contribution in [-0.4, -0.2) is 42.1 Å². The van der Waals surface area contributed by atoms with E-state index in [-0.39, 0.29) is 17.3 Å². The molecule has 0 saturated carbocycles. The molecule has 1 unspecified atom stereocenters. The van der Waals surface area contributed by atoms with E-state index in [4.69, 9.17) is 9.47 Å². The summed E-state index contributed by atoms with van der Waals surface area (Å²) in [6.07, 6.45) is 1.53. The molecular weight excluding hydrogens is 608 g/mol. The van der Waals surface area contributed by atoms with E-state index in [9.17, 15) is 24.5 Å². The van der Waals surface area contributed by atoms with Crippen LogP contribution in [0.4, 0.5) is 17.1 Å². The predicted octanol–water partition coefficient (Wildman–Crippen LogP) is 6.45. The number of amides is 3.